The highest BCUT2D eigenvalue weighted by Gasteiger charge is 2.15. The third-order valence-corrected chi connectivity index (χ3v) is 5.10. The van der Waals surface area contributed by atoms with Crippen molar-refractivity contribution in [3.05, 3.63) is 82.7 Å². The second kappa shape index (κ2) is 9.09. The molecule has 152 valence electrons. The zero-order valence-electron chi connectivity index (χ0n) is 16.4. The number of rotatable bonds is 7. The number of pyridine rings is 1. The van der Waals surface area contributed by atoms with E-state index in [2.05, 4.69) is 20.9 Å². The van der Waals surface area contributed by atoms with E-state index in [0.29, 0.717) is 12.4 Å². The van der Waals surface area contributed by atoms with Crippen LogP contribution in [0, 0.1) is 0 Å². The lowest BCUT2D eigenvalue weighted by Crippen LogP contribution is -2.09. The Morgan fingerprint density at radius 3 is 2.70 bits per heavy atom. The van der Waals surface area contributed by atoms with Crippen LogP contribution in [0.3, 0.4) is 0 Å². The van der Waals surface area contributed by atoms with Crippen molar-refractivity contribution in [3.63, 3.8) is 0 Å². The molecular weight excluding hydrogens is 446 g/mol. The lowest BCUT2D eigenvalue weighted by Gasteiger charge is -2.10. The van der Waals surface area contributed by atoms with Gasteiger partial charge in [0.2, 0.25) is 0 Å². The van der Waals surface area contributed by atoms with E-state index in [9.17, 15) is 4.79 Å². The minimum Gasteiger partial charge on any atom is -0.487 e. The summed E-state index contributed by atoms with van der Waals surface area (Å²) in [6, 6.07) is 17.3. The first kappa shape index (κ1) is 20.1. The van der Waals surface area contributed by atoms with Gasteiger partial charge in [-0.3, -0.25) is 9.78 Å². The molecule has 7 heteroatoms. The highest BCUT2D eigenvalue weighted by atomic mass is 79.9. The minimum atomic E-state index is -0.273. The normalized spacial score (nSPS) is 10.9. The van der Waals surface area contributed by atoms with Crippen LogP contribution < -0.4 is 4.74 Å². The summed E-state index contributed by atoms with van der Waals surface area (Å²) >= 11 is 3.54. The van der Waals surface area contributed by atoms with Crippen molar-refractivity contribution in [2.45, 2.75) is 20.0 Å². The molecule has 2 heterocycles. The van der Waals surface area contributed by atoms with Gasteiger partial charge in [0.15, 0.2) is 0 Å². The molecule has 0 saturated heterocycles. The minimum absolute atomic E-state index is 0.168. The number of halogens is 1. The molecule has 0 radical (unpaired) electrons. The molecule has 0 aliphatic carbocycles. The van der Waals surface area contributed by atoms with E-state index in [1.165, 1.54) is 0 Å². The molecule has 0 amide bonds. The second-order valence-corrected chi connectivity index (χ2v) is 7.52. The van der Waals surface area contributed by atoms with E-state index < -0.39 is 0 Å². The second-order valence-electron chi connectivity index (χ2n) is 6.60. The van der Waals surface area contributed by atoms with Gasteiger partial charge in [-0.15, -0.1) is 0 Å². The molecule has 0 aliphatic heterocycles. The summed E-state index contributed by atoms with van der Waals surface area (Å²) in [5.41, 5.74) is 3.48. The zero-order valence-corrected chi connectivity index (χ0v) is 18.0. The summed E-state index contributed by atoms with van der Waals surface area (Å²) in [6.45, 7) is 2.42. The van der Waals surface area contributed by atoms with Crippen LogP contribution in [0.25, 0.3) is 16.6 Å². The fourth-order valence-electron chi connectivity index (χ4n) is 3.25. The van der Waals surface area contributed by atoms with Crippen molar-refractivity contribution in [1.82, 2.24) is 14.8 Å². The summed E-state index contributed by atoms with van der Waals surface area (Å²) in [7, 11) is 0. The summed E-state index contributed by atoms with van der Waals surface area (Å²) < 4.78 is 14.0. The Kier molecular flexibility index (Phi) is 6.09. The third kappa shape index (κ3) is 4.36. The van der Waals surface area contributed by atoms with E-state index >= 15 is 0 Å². The van der Waals surface area contributed by atoms with Crippen LogP contribution in [0.15, 0.2) is 71.5 Å². The molecule has 4 rings (SSSR count). The predicted octanol–water partition coefficient (Wildman–Crippen LogP) is 4.87. The van der Waals surface area contributed by atoms with Crippen molar-refractivity contribution in [1.29, 1.82) is 0 Å². The van der Waals surface area contributed by atoms with Gasteiger partial charge in [0.05, 0.1) is 24.2 Å². The summed E-state index contributed by atoms with van der Waals surface area (Å²) in [4.78, 5) is 16.0. The van der Waals surface area contributed by atoms with E-state index in [1.54, 1.807) is 19.3 Å². The zero-order chi connectivity index (χ0) is 20.9. The number of nitrogens with zero attached hydrogens (tertiary/aromatic N) is 3. The number of carbonyl (C=O) groups is 1. The molecule has 6 nitrogen and oxygen atoms in total. The average Bonchev–Trinajstić information content (AvgIpc) is 3.11. The Bertz CT molecular complexity index is 1180. The van der Waals surface area contributed by atoms with Gasteiger partial charge in [-0.1, -0.05) is 34.1 Å². The molecule has 0 bridgehead atoms. The summed E-state index contributed by atoms with van der Waals surface area (Å²) in [5, 5.41) is 5.78. The molecular formula is C23H20BrN3O3. The van der Waals surface area contributed by atoms with Gasteiger partial charge in [-0.05, 0) is 43.3 Å². The Balaban J connectivity index is 1.64. The number of esters is 1. The van der Waals surface area contributed by atoms with Gasteiger partial charge in [-0.25, -0.2) is 4.68 Å². The predicted molar refractivity (Wildman–Crippen MR) is 118 cm³/mol. The van der Waals surface area contributed by atoms with Crippen LogP contribution in [-0.4, -0.2) is 27.3 Å². The maximum Gasteiger partial charge on any atom is 0.310 e. The maximum absolute atomic E-state index is 11.9. The topological polar surface area (TPSA) is 66.2 Å². The number of hydrogen-bond acceptors (Lipinski definition) is 5. The number of aromatic nitrogens is 3. The van der Waals surface area contributed by atoms with Crippen molar-refractivity contribution >= 4 is 32.8 Å². The van der Waals surface area contributed by atoms with Crippen LogP contribution >= 0.6 is 15.9 Å². The number of ether oxygens (including phenoxy) is 2. The highest BCUT2D eigenvalue weighted by molar-refractivity contribution is 9.10. The molecule has 0 aliphatic rings. The number of benzene rings is 2. The standard InChI is InChI=1S/C23H20BrN3O3/c1-2-29-23(28)13-16-5-3-4-6-22(16)30-15-20-19-14-17(24)7-8-21(19)27(26-20)18-9-11-25-12-10-18/h3-12,14H,2,13,15H2,1H3. The smallest absolute Gasteiger partial charge is 0.310 e. The van der Waals surface area contributed by atoms with Gasteiger partial charge in [0.1, 0.15) is 18.1 Å². The largest absolute Gasteiger partial charge is 0.487 e. The number of carbonyl (C=O) groups excluding carboxylic acids is 1. The van der Waals surface area contributed by atoms with Crippen LogP contribution in [0.4, 0.5) is 0 Å². The monoisotopic (exact) mass is 465 g/mol. The van der Waals surface area contributed by atoms with E-state index in [0.717, 1.165) is 32.3 Å². The molecule has 4 aromatic rings. The van der Waals surface area contributed by atoms with Crippen molar-refractivity contribution in [2.75, 3.05) is 6.61 Å². The molecule has 30 heavy (non-hydrogen) atoms. The van der Waals surface area contributed by atoms with Crippen molar-refractivity contribution in [3.8, 4) is 11.4 Å². The molecule has 2 aromatic carbocycles. The SMILES string of the molecule is CCOC(=O)Cc1ccccc1OCc1nn(-c2ccncc2)c2ccc(Br)cc12. The summed E-state index contributed by atoms with van der Waals surface area (Å²) in [6.07, 6.45) is 3.65. The molecule has 0 fully saturated rings. The van der Waals surface area contributed by atoms with E-state index in [-0.39, 0.29) is 19.0 Å². The first-order chi connectivity index (χ1) is 14.7. The van der Waals surface area contributed by atoms with Crippen LogP contribution in [-0.2, 0) is 22.6 Å². The van der Waals surface area contributed by atoms with Gasteiger partial charge < -0.3 is 9.47 Å². The molecule has 0 saturated carbocycles. The van der Waals surface area contributed by atoms with Gasteiger partial charge in [0, 0.05) is 27.8 Å². The van der Waals surface area contributed by atoms with Gasteiger partial charge >= 0.3 is 5.97 Å². The number of para-hydroxylation sites is 1. The van der Waals surface area contributed by atoms with Crippen LogP contribution in [0.5, 0.6) is 5.75 Å². The quantitative estimate of drug-likeness (QED) is 0.364. The maximum atomic E-state index is 11.9. The Morgan fingerprint density at radius 1 is 1.10 bits per heavy atom. The summed E-state index contributed by atoms with van der Waals surface area (Å²) in [5.74, 6) is 0.372. The Hall–Kier alpha value is -3.19. The fraction of sp³-hybridized carbons (Fsp3) is 0.174. The Morgan fingerprint density at radius 2 is 1.90 bits per heavy atom. The molecule has 0 N–H and O–H groups in total. The van der Waals surface area contributed by atoms with E-state index in [1.807, 2.05) is 59.3 Å². The van der Waals surface area contributed by atoms with Crippen LogP contribution in [0.2, 0.25) is 0 Å². The number of hydrogen-bond donors (Lipinski definition) is 0. The van der Waals surface area contributed by atoms with Gasteiger partial charge in [-0.2, -0.15) is 5.10 Å². The average molecular weight is 466 g/mol. The highest BCUT2D eigenvalue weighted by Crippen LogP contribution is 2.27. The van der Waals surface area contributed by atoms with Crippen molar-refractivity contribution < 1.29 is 14.3 Å². The van der Waals surface area contributed by atoms with E-state index in [4.69, 9.17) is 14.6 Å². The molecule has 0 spiro atoms. The molecule has 0 atom stereocenters. The first-order valence-electron chi connectivity index (χ1n) is 9.59. The fourth-order valence-corrected chi connectivity index (χ4v) is 3.61. The van der Waals surface area contributed by atoms with Gasteiger partial charge in [0.25, 0.3) is 0 Å². The van der Waals surface area contributed by atoms with Crippen molar-refractivity contribution in [2.24, 2.45) is 0 Å². The first-order valence-corrected chi connectivity index (χ1v) is 10.4. The Labute approximate surface area is 182 Å². The lowest BCUT2D eigenvalue weighted by molar-refractivity contribution is -0.142. The lowest BCUT2D eigenvalue weighted by atomic mass is 10.1. The van der Waals surface area contributed by atoms with Crippen LogP contribution in [0.1, 0.15) is 18.2 Å². The third-order valence-electron chi connectivity index (χ3n) is 4.60. The molecule has 2 aromatic heterocycles. The number of fused-ring (bicyclic) bond motifs is 1. The molecule has 0 unspecified atom stereocenters.